The van der Waals surface area contributed by atoms with E-state index in [1.807, 2.05) is 32.9 Å². The predicted octanol–water partition coefficient (Wildman–Crippen LogP) is 3.60. The van der Waals surface area contributed by atoms with Gasteiger partial charge in [0.25, 0.3) is 0 Å². The van der Waals surface area contributed by atoms with Gasteiger partial charge in [-0.05, 0) is 51.5 Å². The number of carbonyl (C=O) groups is 1. The van der Waals surface area contributed by atoms with Crippen molar-refractivity contribution in [2.24, 2.45) is 0 Å². The highest BCUT2D eigenvalue weighted by atomic mass is 16.5. The minimum absolute atomic E-state index is 0.134. The number of fused-ring (bicyclic) bond motifs is 1. The average molecular weight is 396 g/mol. The lowest BCUT2D eigenvalue weighted by Crippen LogP contribution is -2.39. The predicted molar refractivity (Wildman–Crippen MR) is 111 cm³/mol. The second-order valence-electron chi connectivity index (χ2n) is 7.84. The molecule has 3 aromatic rings. The van der Waals surface area contributed by atoms with Crippen LogP contribution in [0.25, 0.3) is 16.8 Å². The van der Waals surface area contributed by atoms with E-state index in [0.717, 1.165) is 54.3 Å². The maximum absolute atomic E-state index is 12.8. The summed E-state index contributed by atoms with van der Waals surface area (Å²) in [5, 5.41) is 7.09. The summed E-state index contributed by atoms with van der Waals surface area (Å²) < 4.78 is 13.2. The van der Waals surface area contributed by atoms with Gasteiger partial charge >= 0.3 is 5.97 Å². The molecular weight excluding hydrogens is 368 g/mol. The van der Waals surface area contributed by atoms with Crippen molar-refractivity contribution in [2.45, 2.75) is 39.8 Å². The molecule has 0 radical (unpaired) electrons. The smallest absolute Gasteiger partial charge is 0.338 e. The first kappa shape index (κ1) is 19.7. The third-order valence-corrected chi connectivity index (χ3v) is 5.55. The van der Waals surface area contributed by atoms with Crippen molar-refractivity contribution in [2.75, 3.05) is 26.3 Å². The highest BCUT2D eigenvalue weighted by Gasteiger charge is 2.26. The van der Waals surface area contributed by atoms with E-state index in [4.69, 9.17) is 9.47 Å². The largest absolute Gasteiger partial charge is 0.459 e. The topological polar surface area (TPSA) is 71.9 Å². The SMILES string of the molecule is Cc1c(C(=O)OC(C)C)cc2cc(-c3ccn[nH]3)cn2c1C(C)N1CCOCC1. The van der Waals surface area contributed by atoms with Gasteiger partial charge in [0, 0.05) is 48.3 Å². The van der Waals surface area contributed by atoms with Crippen LogP contribution in [0.1, 0.15) is 48.4 Å². The third kappa shape index (κ3) is 3.80. The van der Waals surface area contributed by atoms with Crippen LogP contribution in [0, 0.1) is 6.92 Å². The lowest BCUT2D eigenvalue weighted by molar-refractivity contribution is 0.0186. The normalized spacial score (nSPS) is 16.4. The summed E-state index contributed by atoms with van der Waals surface area (Å²) in [5.74, 6) is -0.278. The Morgan fingerprint density at radius 1 is 1.24 bits per heavy atom. The molecule has 1 fully saturated rings. The van der Waals surface area contributed by atoms with E-state index in [0.29, 0.717) is 5.56 Å². The van der Waals surface area contributed by atoms with Crippen LogP contribution < -0.4 is 0 Å². The average Bonchev–Trinajstić information content (AvgIpc) is 3.36. The summed E-state index contributed by atoms with van der Waals surface area (Å²) in [7, 11) is 0. The van der Waals surface area contributed by atoms with Crippen LogP contribution in [0.5, 0.6) is 0 Å². The van der Waals surface area contributed by atoms with Crippen LogP contribution in [-0.2, 0) is 9.47 Å². The number of H-pyrrole nitrogens is 1. The van der Waals surface area contributed by atoms with Gasteiger partial charge < -0.3 is 13.9 Å². The summed E-state index contributed by atoms with van der Waals surface area (Å²) in [6, 6.07) is 6.08. The summed E-state index contributed by atoms with van der Waals surface area (Å²) in [4.78, 5) is 15.2. The zero-order valence-electron chi connectivity index (χ0n) is 17.4. The minimum Gasteiger partial charge on any atom is -0.459 e. The highest BCUT2D eigenvalue weighted by molar-refractivity contribution is 5.93. The molecule has 0 spiro atoms. The van der Waals surface area contributed by atoms with Crippen molar-refractivity contribution in [3.8, 4) is 11.3 Å². The first-order chi connectivity index (χ1) is 14.0. The molecule has 4 heterocycles. The number of hydrogen-bond acceptors (Lipinski definition) is 5. The van der Waals surface area contributed by atoms with Crippen molar-refractivity contribution in [3.63, 3.8) is 0 Å². The molecule has 3 aromatic heterocycles. The Morgan fingerprint density at radius 2 is 2.00 bits per heavy atom. The Hall–Kier alpha value is -2.64. The number of pyridine rings is 1. The molecule has 0 amide bonds. The van der Waals surface area contributed by atoms with Gasteiger partial charge in [-0.2, -0.15) is 5.10 Å². The van der Waals surface area contributed by atoms with E-state index in [9.17, 15) is 4.79 Å². The fourth-order valence-electron chi connectivity index (χ4n) is 4.08. The molecule has 29 heavy (non-hydrogen) atoms. The Labute approximate surface area is 170 Å². The molecule has 1 unspecified atom stereocenters. The van der Waals surface area contributed by atoms with Crippen LogP contribution >= 0.6 is 0 Å². The van der Waals surface area contributed by atoms with E-state index < -0.39 is 0 Å². The molecule has 0 bridgehead atoms. The van der Waals surface area contributed by atoms with Crippen LogP contribution in [0.4, 0.5) is 0 Å². The number of hydrogen-bond donors (Lipinski definition) is 1. The summed E-state index contributed by atoms with van der Waals surface area (Å²) in [5.41, 5.74) is 5.62. The molecule has 7 nitrogen and oxygen atoms in total. The van der Waals surface area contributed by atoms with Crippen molar-refractivity contribution < 1.29 is 14.3 Å². The van der Waals surface area contributed by atoms with Crippen molar-refractivity contribution >= 4 is 11.5 Å². The molecule has 1 aliphatic heterocycles. The first-order valence-electron chi connectivity index (χ1n) is 10.1. The molecule has 4 rings (SSSR count). The number of carbonyl (C=O) groups excluding carboxylic acids is 1. The standard InChI is InChI=1S/C22H28N4O3/c1-14(2)29-22(27)19-12-18-11-17(20-5-6-23-24-20)13-26(18)21(15(19)3)16(4)25-7-9-28-10-8-25/h5-6,11-14,16H,7-10H2,1-4H3,(H,23,24). The van der Waals surface area contributed by atoms with Crippen molar-refractivity contribution in [1.29, 1.82) is 0 Å². The molecule has 1 saturated heterocycles. The zero-order chi connectivity index (χ0) is 20.5. The van der Waals surface area contributed by atoms with Crippen LogP contribution in [0.15, 0.2) is 30.6 Å². The van der Waals surface area contributed by atoms with Crippen LogP contribution in [0.2, 0.25) is 0 Å². The van der Waals surface area contributed by atoms with Crippen LogP contribution in [-0.4, -0.2) is 57.9 Å². The zero-order valence-corrected chi connectivity index (χ0v) is 17.4. The number of esters is 1. The first-order valence-corrected chi connectivity index (χ1v) is 10.1. The number of ether oxygens (including phenoxy) is 2. The van der Waals surface area contributed by atoms with Gasteiger partial charge in [-0.15, -0.1) is 0 Å². The number of nitrogens with zero attached hydrogens (tertiary/aromatic N) is 3. The molecule has 0 aromatic carbocycles. The van der Waals surface area contributed by atoms with Gasteiger partial charge in [0.1, 0.15) is 0 Å². The molecular formula is C22H28N4O3. The van der Waals surface area contributed by atoms with Gasteiger partial charge in [0.2, 0.25) is 0 Å². The fraction of sp³-hybridized carbons (Fsp3) is 0.455. The minimum atomic E-state index is -0.278. The summed E-state index contributed by atoms with van der Waals surface area (Å²) in [6.07, 6.45) is 3.69. The third-order valence-electron chi connectivity index (χ3n) is 5.55. The number of aromatic nitrogens is 3. The maximum atomic E-state index is 12.8. The van der Waals surface area contributed by atoms with Gasteiger partial charge in [0.15, 0.2) is 0 Å². The second-order valence-corrected chi connectivity index (χ2v) is 7.84. The fourth-order valence-corrected chi connectivity index (χ4v) is 4.08. The molecule has 1 aliphatic rings. The van der Waals surface area contributed by atoms with Crippen molar-refractivity contribution in [1.82, 2.24) is 19.5 Å². The van der Waals surface area contributed by atoms with E-state index in [2.05, 4.69) is 38.7 Å². The summed E-state index contributed by atoms with van der Waals surface area (Å²) >= 11 is 0. The summed E-state index contributed by atoms with van der Waals surface area (Å²) in [6.45, 7) is 11.2. The van der Waals surface area contributed by atoms with Crippen LogP contribution in [0.3, 0.4) is 0 Å². The Bertz CT molecular complexity index is 1000. The lowest BCUT2D eigenvalue weighted by atomic mass is 10.0. The number of rotatable bonds is 5. The van der Waals surface area contributed by atoms with Gasteiger partial charge in [-0.1, -0.05) is 0 Å². The molecule has 7 heteroatoms. The van der Waals surface area contributed by atoms with Gasteiger partial charge in [-0.25, -0.2) is 4.79 Å². The van der Waals surface area contributed by atoms with E-state index in [1.54, 1.807) is 6.20 Å². The second kappa shape index (κ2) is 8.00. The number of morpholine rings is 1. The quantitative estimate of drug-likeness (QED) is 0.667. The number of aromatic amines is 1. The molecule has 0 saturated carbocycles. The van der Waals surface area contributed by atoms with E-state index in [-0.39, 0.29) is 18.1 Å². The van der Waals surface area contributed by atoms with Crippen molar-refractivity contribution in [3.05, 3.63) is 47.4 Å². The molecule has 154 valence electrons. The Morgan fingerprint density at radius 3 is 2.66 bits per heavy atom. The van der Waals surface area contributed by atoms with E-state index >= 15 is 0 Å². The monoisotopic (exact) mass is 396 g/mol. The molecule has 0 aliphatic carbocycles. The Balaban J connectivity index is 1.86. The highest BCUT2D eigenvalue weighted by Crippen LogP contribution is 2.31. The number of nitrogens with one attached hydrogen (secondary N) is 1. The lowest BCUT2D eigenvalue weighted by Gasteiger charge is -2.34. The molecule has 1 N–H and O–H groups in total. The van der Waals surface area contributed by atoms with Gasteiger partial charge in [0.05, 0.1) is 30.6 Å². The van der Waals surface area contributed by atoms with E-state index in [1.165, 1.54) is 0 Å². The Kier molecular flexibility index (Phi) is 5.43. The maximum Gasteiger partial charge on any atom is 0.338 e. The van der Waals surface area contributed by atoms with Gasteiger partial charge in [-0.3, -0.25) is 10.00 Å². The molecule has 1 atom stereocenters.